The zero-order valence-electron chi connectivity index (χ0n) is 19.9. The lowest BCUT2D eigenvalue weighted by atomic mass is 10.0. The second-order valence-electron chi connectivity index (χ2n) is 8.68. The summed E-state index contributed by atoms with van der Waals surface area (Å²) in [6.45, 7) is 1.48. The molecular weight excluding hydrogens is 468 g/mol. The van der Waals surface area contributed by atoms with Gasteiger partial charge in [-0.1, -0.05) is 42.5 Å². The van der Waals surface area contributed by atoms with Gasteiger partial charge in [-0.25, -0.2) is 0 Å². The first-order valence-corrected chi connectivity index (χ1v) is 12.0. The van der Waals surface area contributed by atoms with Gasteiger partial charge in [0.1, 0.15) is 25.6 Å². The van der Waals surface area contributed by atoms with Crippen LogP contribution < -0.4 is 19.5 Å². The van der Waals surface area contributed by atoms with Gasteiger partial charge >= 0.3 is 0 Å². The molecule has 0 spiro atoms. The van der Waals surface area contributed by atoms with Crippen molar-refractivity contribution < 1.29 is 19.0 Å². The number of nitrogens with zero attached hydrogens (tertiary/aromatic N) is 2. The molecule has 5 aromatic rings. The number of rotatable bonds is 7. The fraction of sp³-hybridized carbons (Fsp3) is 0.138. The number of hydrogen-bond acceptors (Lipinski definition) is 6. The number of benzene rings is 3. The smallest absolute Gasteiger partial charge is 0.230 e. The summed E-state index contributed by atoms with van der Waals surface area (Å²) in [5, 5.41) is 11.1. The van der Waals surface area contributed by atoms with Crippen LogP contribution in [0.15, 0.2) is 85.2 Å². The Morgan fingerprint density at radius 2 is 1.81 bits per heavy atom. The molecule has 1 amide bonds. The Morgan fingerprint density at radius 1 is 0.946 bits per heavy atom. The number of amides is 1. The first-order valence-electron chi connectivity index (χ1n) is 12.0. The zero-order valence-corrected chi connectivity index (χ0v) is 19.9. The number of fused-ring (bicyclic) bond motifs is 2. The van der Waals surface area contributed by atoms with Crippen LogP contribution in [0.4, 0.5) is 5.82 Å². The van der Waals surface area contributed by atoms with Crippen LogP contribution in [-0.4, -0.2) is 34.3 Å². The van der Waals surface area contributed by atoms with Gasteiger partial charge in [-0.15, -0.1) is 0 Å². The molecule has 3 aromatic carbocycles. The maximum atomic E-state index is 12.9. The molecule has 0 fully saturated rings. The third kappa shape index (κ3) is 4.95. The minimum atomic E-state index is -0.177. The maximum absolute atomic E-state index is 12.9. The molecule has 8 heteroatoms. The van der Waals surface area contributed by atoms with Crippen molar-refractivity contribution in [3.05, 3.63) is 96.3 Å². The van der Waals surface area contributed by atoms with E-state index in [9.17, 15) is 4.79 Å². The summed E-state index contributed by atoms with van der Waals surface area (Å²) in [4.78, 5) is 17.2. The van der Waals surface area contributed by atoms with Crippen LogP contribution >= 0.6 is 0 Å². The molecule has 0 bridgehead atoms. The average Bonchev–Trinajstić information content (AvgIpc) is 3.34. The molecule has 1 aliphatic heterocycles. The third-order valence-corrected chi connectivity index (χ3v) is 6.12. The van der Waals surface area contributed by atoms with Crippen LogP contribution in [0.25, 0.3) is 22.0 Å². The van der Waals surface area contributed by atoms with E-state index >= 15 is 0 Å². The molecule has 0 aliphatic carbocycles. The lowest BCUT2D eigenvalue weighted by Crippen LogP contribution is -2.17. The van der Waals surface area contributed by atoms with Crippen LogP contribution in [-0.2, 0) is 17.8 Å². The highest BCUT2D eigenvalue weighted by Gasteiger charge is 2.16. The van der Waals surface area contributed by atoms with Gasteiger partial charge in [-0.3, -0.25) is 14.9 Å². The van der Waals surface area contributed by atoms with Crippen molar-refractivity contribution in [3.8, 4) is 28.4 Å². The Labute approximate surface area is 213 Å². The van der Waals surface area contributed by atoms with Crippen molar-refractivity contribution >= 4 is 22.6 Å². The highest BCUT2D eigenvalue weighted by Crippen LogP contribution is 2.34. The van der Waals surface area contributed by atoms with Gasteiger partial charge in [-0.05, 0) is 47.0 Å². The summed E-state index contributed by atoms with van der Waals surface area (Å²) in [5.41, 5.74) is 4.49. The van der Waals surface area contributed by atoms with Crippen molar-refractivity contribution in [2.75, 3.05) is 18.5 Å². The van der Waals surface area contributed by atoms with Gasteiger partial charge in [0.25, 0.3) is 0 Å². The molecule has 0 radical (unpaired) electrons. The molecule has 6 rings (SSSR count). The molecule has 8 nitrogen and oxygen atoms in total. The molecule has 2 aromatic heterocycles. The average molecular weight is 493 g/mol. The highest BCUT2D eigenvalue weighted by atomic mass is 16.6. The predicted molar refractivity (Wildman–Crippen MR) is 140 cm³/mol. The van der Waals surface area contributed by atoms with E-state index in [1.807, 2.05) is 72.8 Å². The molecule has 184 valence electrons. The number of nitrogens with one attached hydrogen (secondary N) is 2. The second kappa shape index (κ2) is 10.0. The van der Waals surface area contributed by atoms with Crippen molar-refractivity contribution in [1.29, 1.82) is 0 Å². The van der Waals surface area contributed by atoms with Crippen molar-refractivity contribution in [1.82, 2.24) is 15.2 Å². The van der Waals surface area contributed by atoms with E-state index in [-0.39, 0.29) is 12.3 Å². The van der Waals surface area contributed by atoms with Gasteiger partial charge in [0, 0.05) is 23.3 Å². The van der Waals surface area contributed by atoms with Gasteiger partial charge in [0.2, 0.25) is 5.91 Å². The van der Waals surface area contributed by atoms with Crippen LogP contribution in [0.5, 0.6) is 17.2 Å². The number of carbonyl (C=O) groups excluding carboxylic acids is 1. The van der Waals surface area contributed by atoms with E-state index in [0.29, 0.717) is 37.1 Å². The van der Waals surface area contributed by atoms with Crippen molar-refractivity contribution in [2.24, 2.45) is 0 Å². The Hall–Kier alpha value is -4.85. The minimum Gasteiger partial charge on any atom is -0.488 e. The fourth-order valence-corrected chi connectivity index (χ4v) is 4.30. The van der Waals surface area contributed by atoms with E-state index in [1.54, 1.807) is 12.4 Å². The molecule has 37 heavy (non-hydrogen) atoms. The van der Waals surface area contributed by atoms with Crippen molar-refractivity contribution in [3.63, 3.8) is 0 Å². The number of carbonyl (C=O) groups is 1. The molecule has 0 saturated heterocycles. The summed E-state index contributed by atoms with van der Waals surface area (Å²) in [7, 11) is 0. The molecule has 3 heterocycles. The van der Waals surface area contributed by atoms with E-state index in [1.165, 1.54) is 0 Å². The molecular formula is C29H24N4O4. The number of hydrogen-bond donors (Lipinski definition) is 2. The molecule has 0 saturated carbocycles. The summed E-state index contributed by atoms with van der Waals surface area (Å²) in [6, 6.07) is 23.3. The van der Waals surface area contributed by atoms with Crippen LogP contribution in [0.3, 0.4) is 0 Å². The lowest BCUT2D eigenvalue weighted by molar-refractivity contribution is -0.115. The van der Waals surface area contributed by atoms with E-state index < -0.39 is 0 Å². The van der Waals surface area contributed by atoms with Gasteiger partial charge in [-0.2, -0.15) is 5.10 Å². The predicted octanol–water partition coefficient (Wildman–Crippen LogP) is 5.16. The first kappa shape index (κ1) is 22.6. The van der Waals surface area contributed by atoms with Crippen LogP contribution in [0.1, 0.15) is 11.1 Å². The number of ether oxygens (including phenoxy) is 3. The standard InChI is InChI=1S/C29H24N4O4/c34-28(15-20-6-9-26-27(14-20)36-13-12-35-26)31-29-22-16-21(7-8-24(22)32-33-29)23-17-30-11-10-25(23)37-18-19-4-2-1-3-5-19/h1-11,14,16-17H,12-13,15,18H2,(H2,31,32,33,34). The lowest BCUT2D eigenvalue weighted by Gasteiger charge is -2.18. The van der Waals surface area contributed by atoms with E-state index in [2.05, 4.69) is 20.5 Å². The molecule has 0 atom stereocenters. The van der Waals surface area contributed by atoms with Crippen LogP contribution in [0.2, 0.25) is 0 Å². The Balaban J connectivity index is 1.21. The quantitative estimate of drug-likeness (QED) is 0.326. The zero-order chi connectivity index (χ0) is 25.0. The number of aromatic amines is 1. The highest BCUT2D eigenvalue weighted by molar-refractivity contribution is 6.01. The first-order chi connectivity index (χ1) is 18.2. The van der Waals surface area contributed by atoms with E-state index in [4.69, 9.17) is 14.2 Å². The van der Waals surface area contributed by atoms with Crippen LogP contribution in [0, 0.1) is 0 Å². The van der Waals surface area contributed by atoms with E-state index in [0.717, 1.165) is 38.9 Å². The monoisotopic (exact) mass is 492 g/mol. The van der Waals surface area contributed by atoms with Gasteiger partial charge in [0.15, 0.2) is 17.3 Å². The molecule has 0 unspecified atom stereocenters. The maximum Gasteiger partial charge on any atom is 0.230 e. The number of pyridine rings is 1. The SMILES string of the molecule is O=C(Cc1ccc2c(c1)OCCO2)Nc1n[nH]c2ccc(-c3cnccc3OCc3ccccc3)cc12. The Bertz CT molecular complexity index is 1570. The summed E-state index contributed by atoms with van der Waals surface area (Å²) in [6.07, 6.45) is 3.68. The normalized spacial score (nSPS) is 12.3. The Morgan fingerprint density at radius 3 is 2.70 bits per heavy atom. The summed E-state index contributed by atoms with van der Waals surface area (Å²) in [5.74, 6) is 2.38. The van der Waals surface area contributed by atoms with Crippen molar-refractivity contribution in [2.45, 2.75) is 13.0 Å². The third-order valence-electron chi connectivity index (χ3n) is 6.12. The molecule has 2 N–H and O–H groups in total. The minimum absolute atomic E-state index is 0.177. The van der Waals surface area contributed by atoms with Gasteiger partial charge in [0.05, 0.1) is 11.9 Å². The largest absolute Gasteiger partial charge is 0.488 e. The Kier molecular flexibility index (Phi) is 6.12. The topological polar surface area (TPSA) is 98.4 Å². The fourth-order valence-electron chi connectivity index (χ4n) is 4.30. The number of anilines is 1. The van der Waals surface area contributed by atoms with Gasteiger partial charge < -0.3 is 19.5 Å². The molecule has 1 aliphatic rings. The number of aromatic nitrogens is 3. The summed E-state index contributed by atoms with van der Waals surface area (Å²) < 4.78 is 17.3. The second-order valence-corrected chi connectivity index (χ2v) is 8.68. The number of H-pyrrole nitrogens is 1. The summed E-state index contributed by atoms with van der Waals surface area (Å²) >= 11 is 0.